The summed E-state index contributed by atoms with van der Waals surface area (Å²) in [5, 5.41) is 9.51. The largest absolute Gasteiger partial charge is 0.389 e. The topological polar surface area (TPSA) is 20.2 Å². The Morgan fingerprint density at radius 2 is 2.20 bits per heavy atom. The van der Waals surface area contributed by atoms with Crippen molar-refractivity contribution in [2.45, 2.75) is 37.7 Å². The Bertz CT molecular complexity index is 312. The standard InChI is InChI=1S/C12H17FOS/c1-3-4-8-15-12-10(9(2)14)6-5-7-11(12)13/h5-7,9,14H,3-4,8H2,1-2H3. The molecule has 1 N–H and O–H groups in total. The zero-order valence-corrected chi connectivity index (χ0v) is 9.98. The van der Waals surface area contributed by atoms with E-state index in [-0.39, 0.29) is 5.82 Å². The van der Waals surface area contributed by atoms with Crippen LogP contribution in [0.15, 0.2) is 23.1 Å². The molecule has 1 atom stereocenters. The van der Waals surface area contributed by atoms with Crippen LogP contribution in [0.3, 0.4) is 0 Å². The van der Waals surface area contributed by atoms with Gasteiger partial charge < -0.3 is 5.11 Å². The van der Waals surface area contributed by atoms with Gasteiger partial charge in [0.25, 0.3) is 0 Å². The van der Waals surface area contributed by atoms with Crippen molar-refractivity contribution >= 4 is 11.8 Å². The summed E-state index contributed by atoms with van der Waals surface area (Å²) in [6.45, 7) is 3.77. The van der Waals surface area contributed by atoms with Gasteiger partial charge in [-0.1, -0.05) is 25.5 Å². The highest BCUT2D eigenvalue weighted by atomic mass is 32.2. The fourth-order valence-electron chi connectivity index (χ4n) is 1.33. The number of hydrogen-bond acceptors (Lipinski definition) is 2. The van der Waals surface area contributed by atoms with Crippen LogP contribution in [-0.2, 0) is 0 Å². The fraction of sp³-hybridized carbons (Fsp3) is 0.500. The van der Waals surface area contributed by atoms with Gasteiger partial charge in [-0.3, -0.25) is 0 Å². The number of aliphatic hydroxyl groups excluding tert-OH is 1. The highest BCUT2D eigenvalue weighted by Gasteiger charge is 2.12. The summed E-state index contributed by atoms with van der Waals surface area (Å²) >= 11 is 1.49. The van der Waals surface area contributed by atoms with Gasteiger partial charge in [-0.25, -0.2) is 4.39 Å². The summed E-state index contributed by atoms with van der Waals surface area (Å²) in [6.07, 6.45) is 1.56. The lowest BCUT2D eigenvalue weighted by Crippen LogP contribution is -1.97. The lowest BCUT2D eigenvalue weighted by molar-refractivity contribution is 0.195. The first kappa shape index (κ1) is 12.5. The highest BCUT2D eigenvalue weighted by molar-refractivity contribution is 7.99. The first-order chi connectivity index (χ1) is 7.16. The first-order valence-corrected chi connectivity index (χ1v) is 6.24. The van der Waals surface area contributed by atoms with E-state index in [1.165, 1.54) is 17.8 Å². The molecule has 0 bridgehead atoms. The van der Waals surface area contributed by atoms with Crippen LogP contribution in [0.5, 0.6) is 0 Å². The van der Waals surface area contributed by atoms with E-state index in [4.69, 9.17) is 0 Å². The highest BCUT2D eigenvalue weighted by Crippen LogP contribution is 2.30. The molecule has 1 unspecified atom stereocenters. The minimum atomic E-state index is -0.607. The van der Waals surface area contributed by atoms with Gasteiger partial charge in [0.2, 0.25) is 0 Å². The van der Waals surface area contributed by atoms with Gasteiger partial charge in [-0.2, -0.15) is 0 Å². The minimum Gasteiger partial charge on any atom is -0.389 e. The third-order valence-corrected chi connectivity index (χ3v) is 3.40. The van der Waals surface area contributed by atoms with Crippen LogP contribution in [-0.4, -0.2) is 10.9 Å². The molecule has 84 valence electrons. The lowest BCUT2D eigenvalue weighted by Gasteiger charge is -2.12. The fourth-order valence-corrected chi connectivity index (χ4v) is 2.57. The number of unbranched alkanes of at least 4 members (excludes halogenated alkanes) is 1. The molecular formula is C12H17FOS. The van der Waals surface area contributed by atoms with E-state index in [2.05, 4.69) is 6.92 Å². The Morgan fingerprint density at radius 3 is 2.80 bits per heavy atom. The summed E-state index contributed by atoms with van der Waals surface area (Å²) in [4.78, 5) is 0.598. The Balaban J connectivity index is 2.82. The van der Waals surface area contributed by atoms with Gasteiger partial charge in [0.15, 0.2) is 0 Å². The summed E-state index contributed by atoms with van der Waals surface area (Å²) in [5.74, 6) is 0.673. The molecule has 3 heteroatoms. The van der Waals surface area contributed by atoms with Crippen LogP contribution < -0.4 is 0 Å². The second-order valence-electron chi connectivity index (χ2n) is 3.54. The molecule has 15 heavy (non-hydrogen) atoms. The Morgan fingerprint density at radius 1 is 1.47 bits per heavy atom. The average Bonchev–Trinajstić information content (AvgIpc) is 2.20. The molecule has 0 saturated heterocycles. The number of hydrogen-bond donors (Lipinski definition) is 1. The Kier molecular flexibility index (Phi) is 5.12. The van der Waals surface area contributed by atoms with Crippen molar-refractivity contribution < 1.29 is 9.50 Å². The monoisotopic (exact) mass is 228 g/mol. The Labute approximate surface area is 94.7 Å². The number of thioether (sulfide) groups is 1. The molecule has 1 nitrogen and oxygen atoms in total. The zero-order valence-electron chi connectivity index (χ0n) is 9.16. The van der Waals surface area contributed by atoms with Crippen LogP contribution in [0.1, 0.15) is 38.4 Å². The molecule has 0 saturated carbocycles. The predicted molar refractivity (Wildman–Crippen MR) is 62.7 cm³/mol. The van der Waals surface area contributed by atoms with Gasteiger partial charge in [0, 0.05) is 4.90 Å². The SMILES string of the molecule is CCCCSc1c(F)cccc1C(C)O. The van der Waals surface area contributed by atoms with E-state index in [1.54, 1.807) is 19.1 Å². The van der Waals surface area contributed by atoms with E-state index in [0.717, 1.165) is 18.6 Å². The van der Waals surface area contributed by atoms with E-state index in [9.17, 15) is 9.50 Å². The van der Waals surface area contributed by atoms with Gasteiger partial charge >= 0.3 is 0 Å². The molecular weight excluding hydrogens is 211 g/mol. The molecule has 0 amide bonds. The normalized spacial score (nSPS) is 12.8. The Hall–Kier alpha value is -0.540. The molecule has 0 aromatic heterocycles. The van der Waals surface area contributed by atoms with Crippen LogP contribution >= 0.6 is 11.8 Å². The summed E-state index contributed by atoms with van der Waals surface area (Å²) < 4.78 is 13.5. The van der Waals surface area contributed by atoms with Gasteiger partial charge in [-0.15, -0.1) is 11.8 Å². The van der Waals surface area contributed by atoms with Crippen molar-refractivity contribution in [2.75, 3.05) is 5.75 Å². The molecule has 0 aliphatic rings. The van der Waals surface area contributed by atoms with Crippen molar-refractivity contribution in [1.82, 2.24) is 0 Å². The first-order valence-electron chi connectivity index (χ1n) is 5.26. The molecule has 0 aliphatic heterocycles. The average molecular weight is 228 g/mol. The molecule has 0 aliphatic carbocycles. The van der Waals surface area contributed by atoms with Crippen LogP contribution in [0.2, 0.25) is 0 Å². The lowest BCUT2D eigenvalue weighted by atomic mass is 10.1. The van der Waals surface area contributed by atoms with Crippen molar-refractivity contribution in [3.05, 3.63) is 29.6 Å². The van der Waals surface area contributed by atoms with Gasteiger partial charge in [0.1, 0.15) is 5.82 Å². The molecule has 0 heterocycles. The maximum absolute atomic E-state index is 13.5. The number of aliphatic hydroxyl groups is 1. The maximum Gasteiger partial charge on any atom is 0.137 e. The van der Waals surface area contributed by atoms with Gasteiger partial charge in [-0.05, 0) is 30.7 Å². The van der Waals surface area contributed by atoms with Crippen LogP contribution in [0.4, 0.5) is 4.39 Å². The predicted octanol–water partition coefficient (Wildman–Crippen LogP) is 3.77. The summed E-state index contributed by atoms with van der Waals surface area (Å²) in [5.41, 5.74) is 0.691. The molecule has 1 aromatic rings. The maximum atomic E-state index is 13.5. The second-order valence-corrected chi connectivity index (χ2v) is 4.64. The van der Waals surface area contributed by atoms with Crippen molar-refractivity contribution in [1.29, 1.82) is 0 Å². The molecule has 0 fully saturated rings. The van der Waals surface area contributed by atoms with E-state index in [1.807, 2.05) is 0 Å². The van der Waals surface area contributed by atoms with Crippen molar-refractivity contribution in [3.63, 3.8) is 0 Å². The summed E-state index contributed by atoms with van der Waals surface area (Å²) in [6, 6.07) is 4.86. The number of benzene rings is 1. The van der Waals surface area contributed by atoms with Crippen molar-refractivity contribution in [2.24, 2.45) is 0 Å². The van der Waals surface area contributed by atoms with E-state index >= 15 is 0 Å². The molecule has 1 aromatic carbocycles. The minimum absolute atomic E-state index is 0.227. The van der Waals surface area contributed by atoms with E-state index in [0.29, 0.717) is 10.5 Å². The molecule has 0 radical (unpaired) electrons. The zero-order chi connectivity index (χ0) is 11.3. The quantitative estimate of drug-likeness (QED) is 0.611. The van der Waals surface area contributed by atoms with Crippen LogP contribution in [0.25, 0.3) is 0 Å². The van der Waals surface area contributed by atoms with Gasteiger partial charge in [0.05, 0.1) is 6.10 Å². The summed E-state index contributed by atoms with van der Waals surface area (Å²) in [7, 11) is 0. The van der Waals surface area contributed by atoms with E-state index < -0.39 is 6.10 Å². The molecule has 0 spiro atoms. The number of rotatable bonds is 5. The van der Waals surface area contributed by atoms with Crippen LogP contribution in [0, 0.1) is 5.82 Å². The molecule has 1 rings (SSSR count). The van der Waals surface area contributed by atoms with Crippen molar-refractivity contribution in [3.8, 4) is 0 Å². The second kappa shape index (κ2) is 6.13. The third kappa shape index (κ3) is 3.50. The smallest absolute Gasteiger partial charge is 0.137 e. The number of halogens is 1. The third-order valence-electron chi connectivity index (χ3n) is 2.19.